The predicted octanol–water partition coefficient (Wildman–Crippen LogP) is 9.54. The molecule has 0 aromatic heterocycles. The summed E-state index contributed by atoms with van der Waals surface area (Å²) in [4.78, 5) is 12.6. The molecule has 0 bridgehead atoms. The molecule has 2 aromatic carbocycles. The summed E-state index contributed by atoms with van der Waals surface area (Å²) in [7, 11) is 4.44. The molecule has 4 nitrogen and oxygen atoms in total. The van der Waals surface area contributed by atoms with Crippen LogP contribution in [0.3, 0.4) is 0 Å². The van der Waals surface area contributed by atoms with E-state index < -0.39 is 0 Å². The van der Waals surface area contributed by atoms with Gasteiger partial charge in [0, 0.05) is 18.4 Å². The number of benzene rings is 2. The van der Waals surface area contributed by atoms with Gasteiger partial charge < -0.3 is 14.0 Å². The molecule has 0 aliphatic rings. The highest BCUT2D eigenvalue weighted by molar-refractivity contribution is 5.71. The molecular weight excluding hydrogens is 506 g/mol. The normalized spacial score (nSPS) is 13.1. The summed E-state index contributed by atoms with van der Waals surface area (Å²) in [6, 6.07) is 19.0. The van der Waals surface area contributed by atoms with Gasteiger partial charge in [-0.3, -0.25) is 4.79 Å². The van der Waals surface area contributed by atoms with E-state index in [2.05, 4.69) is 70.4 Å². The lowest BCUT2D eigenvalue weighted by atomic mass is 10.0. The molecule has 2 unspecified atom stereocenters. The Kier molecular flexibility index (Phi) is 17.5. The lowest BCUT2D eigenvalue weighted by Gasteiger charge is -2.30. The number of ether oxygens (including phenoxy) is 2. The Hall–Kier alpha value is -2.33. The first-order chi connectivity index (χ1) is 19.8. The second-order valence-corrected chi connectivity index (χ2v) is 12.8. The van der Waals surface area contributed by atoms with E-state index in [9.17, 15) is 4.79 Å². The Labute approximate surface area is 252 Å². The summed E-state index contributed by atoms with van der Waals surface area (Å²) in [5.41, 5.74) is 2.61. The standard InChI is InChI=1S/C37H60NO3/c1-6-7-8-9-10-11-12-13-14-15-19-24-35-25-20-21-26-36(35)41-33(3)28-30-40-37(39)32(2)27-29-38(4,5)31-34-22-17-16-18-23-34/h16-18,20-23,25-26,32-33H,6-15,19,24,27-31H2,1-5H3/q+1. The Morgan fingerprint density at radius 2 is 1.34 bits per heavy atom. The summed E-state index contributed by atoms with van der Waals surface area (Å²) >= 11 is 0. The third kappa shape index (κ3) is 16.0. The van der Waals surface area contributed by atoms with Crippen molar-refractivity contribution in [3.63, 3.8) is 0 Å². The van der Waals surface area contributed by atoms with Crippen LogP contribution >= 0.6 is 0 Å². The largest absolute Gasteiger partial charge is 0.490 e. The van der Waals surface area contributed by atoms with Crippen molar-refractivity contribution in [3.05, 3.63) is 65.7 Å². The number of quaternary nitrogens is 1. The van der Waals surface area contributed by atoms with Crippen molar-refractivity contribution in [2.45, 2.75) is 123 Å². The predicted molar refractivity (Wildman–Crippen MR) is 173 cm³/mol. The molecule has 0 aliphatic heterocycles. The summed E-state index contributed by atoms with van der Waals surface area (Å²) in [5.74, 6) is 0.768. The van der Waals surface area contributed by atoms with Gasteiger partial charge in [-0.15, -0.1) is 0 Å². The van der Waals surface area contributed by atoms with Crippen LogP contribution in [-0.4, -0.2) is 43.8 Å². The van der Waals surface area contributed by atoms with Crippen molar-refractivity contribution in [1.82, 2.24) is 0 Å². The maximum Gasteiger partial charge on any atom is 0.308 e. The Bertz CT molecular complexity index is 942. The number of unbranched alkanes of at least 4 members (excludes halogenated alkanes) is 10. The first-order valence-electron chi connectivity index (χ1n) is 16.6. The van der Waals surface area contributed by atoms with Gasteiger partial charge in [0.05, 0.1) is 39.3 Å². The fraction of sp³-hybridized carbons (Fsp3) is 0.649. The lowest BCUT2D eigenvalue weighted by molar-refractivity contribution is -0.904. The molecule has 0 aliphatic carbocycles. The lowest BCUT2D eigenvalue weighted by Crippen LogP contribution is -2.40. The first-order valence-corrected chi connectivity index (χ1v) is 16.6. The quantitative estimate of drug-likeness (QED) is 0.0763. The van der Waals surface area contributed by atoms with Crippen molar-refractivity contribution in [3.8, 4) is 5.75 Å². The molecular formula is C37H60NO3+. The number of para-hydroxylation sites is 1. The number of hydrogen-bond donors (Lipinski definition) is 0. The van der Waals surface area contributed by atoms with Crippen molar-refractivity contribution in [1.29, 1.82) is 0 Å². The van der Waals surface area contributed by atoms with E-state index in [1.165, 1.54) is 81.8 Å². The van der Waals surface area contributed by atoms with Crippen molar-refractivity contribution in [2.75, 3.05) is 27.2 Å². The Morgan fingerprint density at radius 3 is 2.00 bits per heavy atom. The van der Waals surface area contributed by atoms with E-state index in [0.29, 0.717) is 13.0 Å². The topological polar surface area (TPSA) is 35.5 Å². The fourth-order valence-corrected chi connectivity index (χ4v) is 5.37. The maximum absolute atomic E-state index is 12.6. The third-order valence-corrected chi connectivity index (χ3v) is 8.14. The zero-order valence-corrected chi connectivity index (χ0v) is 27.0. The molecule has 41 heavy (non-hydrogen) atoms. The maximum atomic E-state index is 12.6. The van der Waals surface area contributed by atoms with Crippen LogP contribution in [0.15, 0.2) is 54.6 Å². The molecule has 0 saturated heterocycles. The summed E-state index contributed by atoms with van der Waals surface area (Å²) < 4.78 is 12.8. The number of esters is 1. The number of aryl methyl sites for hydroxylation is 1. The molecule has 2 rings (SSSR count). The van der Waals surface area contributed by atoms with Crippen LogP contribution < -0.4 is 4.74 Å². The average molecular weight is 567 g/mol. The first kappa shape index (κ1) is 34.9. The van der Waals surface area contributed by atoms with E-state index in [4.69, 9.17) is 9.47 Å². The summed E-state index contributed by atoms with van der Waals surface area (Å²) in [6.45, 7) is 8.61. The number of carbonyl (C=O) groups is 1. The molecule has 0 amide bonds. The second kappa shape index (κ2) is 20.5. The second-order valence-electron chi connectivity index (χ2n) is 12.8. The van der Waals surface area contributed by atoms with Gasteiger partial charge in [-0.05, 0) is 31.4 Å². The molecule has 4 heteroatoms. The minimum Gasteiger partial charge on any atom is -0.490 e. The number of rotatable bonds is 23. The monoisotopic (exact) mass is 566 g/mol. The molecule has 2 aromatic rings. The molecule has 0 radical (unpaired) electrons. The van der Waals surface area contributed by atoms with Crippen molar-refractivity contribution in [2.24, 2.45) is 5.92 Å². The zero-order valence-electron chi connectivity index (χ0n) is 27.0. The smallest absolute Gasteiger partial charge is 0.308 e. The zero-order chi connectivity index (χ0) is 29.8. The fourth-order valence-electron chi connectivity index (χ4n) is 5.37. The van der Waals surface area contributed by atoms with E-state index in [1.807, 2.05) is 19.1 Å². The van der Waals surface area contributed by atoms with Crippen molar-refractivity contribution < 1.29 is 18.8 Å². The van der Waals surface area contributed by atoms with Crippen LogP contribution in [0.4, 0.5) is 0 Å². The minimum absolute atomic E-state index is 0.00180. The van der Waals surface area contributed by atoms with E-state index in [0.717, 1.165) is 36.2 Å². The highest BCUT2D eigenvalue weighted by Crippen LogP contribution is 2.23. The van der Waals surface area contributed by atoms with Gasteiger partial charge in [-0.25, -0.2) is 0 Å². The van der Waals surface area contributed by atoms with Gasteiger partial charge in [0.15, 0.2) is 0 Å². The molecule has 0 fully saturated rings. The van der Waals surface area contributed by atoms with Gasteiger partial charge in [-0.1, -0.05) is 127 Å². The number of hydrogen-bond acceptors (Lipinski definition) is 3. The molecule has 0 N–H and O–H groups in total. The van der Waals surface area contributed by atoms with Crippen LogP contribution in [0.25, 0.3) is 0 Å². The van der Waals surface area contributed by atoms with Crippen LogP contribution in [0.2, 0.25) is 0 Å². The van der Waals surface area contributed by atoms with Gasteiger partial charge >= 0.3 is 5.97 Å². The molecule has 2 atom stereocenters. The van der Waals surface area contributed by atoms with E-state index in [1.54, 1.807) is 0 Å². The Balaban J connectivity index is 1.60. The third-order valence-electron chi connectivity index (χ3n) is 8.14. The van der Waals surface area contributed by atoms with Gasteiger partial charge in [-0.2, -0.15) is 0 Å². The van der Waals surface area contributed by atoms with Gasteiger partial charge in [0.1, 0.15) is 12.3 Å². The highest BCUT2D eigenvalue weighted by Gasteiger charge is 2.22. The van der Waals surface area contributed by atoms with E-state index in [-0.39, 0.29) is 18.0 Å². The average Bonchev–Trinajstić information content (AvgIpc) is 2.95. The molecule has 0 saturated carbocycles. The Morgan fingerprint density at radius 1 is 0.756 bits per heavy atom. The number of carbonyl (C=O) groups excluding carboxylic acids is 1. The number of nitrogens with zero attached hydrogens (tertiary/aromatic N) is 1. The molecule has 0 heterocycles. The van der Waals surface area contributed by atoms with Crippen molar-refractivity contribution >= 4 is 5.97 Å². The summed E-state index contributed by atoms with van der Waals surface area (Å²) in [6.07, 6.45) is 17.5. The summed E-state index contributed by atoms with van der Waals surface area (Å²) in [5, 5.41) is 0. The van der Waals surface area contributed by atoms with Gasteiger partial charge in [0.25, 0.3) is 0 Å². The minimum atomic E-state index is -0.106. The highest BCUT2D eigenvalue weighted by atomic mass is 16.5. The molecule has 230 valence electrons. The molecule has 0 spiro atoms. The van der Waals surface area contributed by atoms with E-state index >= 15 is 0 Å². The van der Waals surface area contributed by atoms with Gasteiger partial charge in [0.2, 0.25) is 0 Å². The van der Waals surface area contributed by atoms with Crippen LogP contribution in [-0.2, 0) is 22.5 Å². The van der Waals surface area contributed by atoms with Crippen LogP contribution in [0.5, 0.6) is 5.75 Å². The van der Waals surface area contributed by atoms with Crippen LogP contribution in [0.1, 0.15) is 115 Å². The van der Waals surface area contributed by atoms with Crippen LogP contribution in [0, 0.1) is 5.92 Å². The SMILES string of the molecule is CCCCCCCCCCCCCc1ccccc1OC(C)CCOC(=O)C(C)CC[N+](C)(C)Cc1ccccc1.